The van der Waals surface area contributed by atoms with E-state index in [1.165, 1.54) is 25.8 Å². The maximum Gasteiger partial charge on any atom is 0.308 e. The number of nitrogens with one attached hydrogen (secondary N) is 1. The molecule has 2 aromatic rings. The Labute approximate surface area is 167 Å². The molecule has 28 heavy (non-hydrogen) atoms. The lowest BCUT2D eigenvalue weighted by Crippen LogP contribution is -2.19. The molecule has 0 radical (unpaired) electrons. The number of methoxy groups -OCH3 is 1. The summed E-state index contributed by atoms with van der Waals surface area (Å²) in [6.45, 7) is 5.34. The molecule has 1 aliphatic rings. The Hall–Kier alpha value is -3.06. The molecule has 1 aliphatic heterocycles. The first-order valence-corrected chi connectivity index (χ1v) is 9.40. The van der Waals surface area contributed by atoms with Crippen LogP contribution in [0.4, 0.5) is 5.69 Å². The van der Waals surface area contributed by atoms with Crippen molar-refractivity contribution in [3.63, 3.8) is 0 Å². The summed E-state index contributed by atoms with van der Waals surface area (Å²) >= 11 is 1.27. The summed E-state index contributed by atoms with van der Waals surface area (Å²) in [5.74, 6) is 0.105. The Kier molecular flexibility index (Phi) is 5.84. The standard InChI is InChI=1S/C21H20N2O4S/c1-12-5-7-16(13(2)9-12)22-21-23-20(25)19(28-21)11-15-6-8-17(27-14(3)24)18(10-15)26-4/h5-11H,1-4H3,(H,22,23,25)/b19-11-. The molecular weight excluding hydrogens is 376 g/mol. The molecule has 0 unspecified atom stereocenters. The molecule has 6 nitrogen and oxygen atoms in total. The summed E-state index contributed by atoms with van der Waals surface area (Å²) in [6.07, 6.45) is 1.74. The van der Waals surface area contributed by atoms with E-state index >= 15 is 0 Å². The quantitative estimate of drug-likeness (QED) is 0.478. The summed E-state index contributed by atoms with van der Waals surface area (Å²) < 4.78 is 10.4. The Morgan fingerprint density at radius 3 is 2.61 bits per heavy atom. The van der Waals surface area contributed by atoms with Gasteiger partial charge in [0.2, 0.25) is 0 Å². The number of thioether (sulfide) groups is 1. The number of carbonyl (C=O) groups is 2. The van der Waals surface area contributed by atoms with E-state index < -0.39 is 5.97 Å². The fourth-order valence-corrected chi connectivity index (χ4v) is 3.52. The minimum absolute atomic E-state index is 0.212. The van der Waals surface area contributed by atoms with Gasteiger partial charge in [-0.25, -0.2) is 4.99 Å². The molecule has 0 aliphatic carbocycles. The Bertz CT molecular complexity index is 1010. The summed E-state index contributed by atoms with van der Waals surface area (Å²) in [5, 5.41) is 3.32. The predicted molar refractivity (Wildman–Crippen MR) is 111 cm³/mol. The van der Waals surface area contributed by atoms with Crippen molar-refractivity contribution in [2.24, 2.45) is 4.99 Å². The third-order valence-corrected chi connectivity index (χ3v) is 4.87. The van der Waals surface area contributed by atoms with Gasteiger partial charge in [0.15, 0.2) is 16.7 Å². The van der Waals surface area contributed by atoms with Crippen LogP contribution in [0.15, 0.2) is 46.3 Å². The van der Waals surface area contributed by atoms with Gasteiger partial charge in [-0.15, -0.1) is 0 Å². The number of esters is 1. The van der Waals surface area contributed by atoms with Crippen LogP contribution in [0.25, 0.3) is 6.08 Å². The van der Waals surface area contributed by atoms with E-state index in [0.29, 0.717) is 21.6 Å². The topological polar surface area (TPSA) is 77.0 Å². The molecule has 1 saturated heterocycles. The minimum Gasteiger partial charge on any atom is -0.493 e. The molecule has 0 spiro atoms. The maximum atomic E-state index is 12.3. The van der Waals surface area contributed by atoms with Crippen LogP contribution in [0.1, 0.15) is 23.6 Å². The van der Waals surface area contributed by atoms with Crippen LogP contribution >= 0.6 is 11.8 Å². The highest BCUT2D eigenvalue weighted by Gasteiger charge is 2.24. The summed E-state index contributed by atoms with van der Waals surface area (Å²) in [4.78, 5) is 28.5. The van der Waals surface area contributed by atoms with Gasteiger partial charge in [0.1, 0.15) is 0 Å². The normalized spacial score (nSPS) is 16.4. The largest absolute Gasteiger partial charge is 0.493 e. The van der Waals surface area contributed by atoms with E-state index in [1.54, 1.807) is 24.3 Å². The zero-order valence-electron chi connectivity index (χ0n) is 16.0. The number of nitrogens with zero attached hydrogens (tertiary/aromatic N) is 1. The van der Waals surface area contributed by atoms with Crippen LogP contribution in [0, 0.1) is 13.8 Å². The third-order valence-electron chi connectivity index (χ3n) is 3.96. The van der Waals surface area contributed by atoms with Crippen molar-refractivity contribution in [3.05, 3.63) is 58.0 Å². The molecule has 7 heteroatoms. The number of hydrogen-bond donors (Lipinski definition) is 1. The van der Waals surface area contributed by atoms with Crippen molar-refractivity contribution in [2.45, 2.75) is 20.8 Å². The lowest BCUT2D eigenvalue weighted by molar-refractivity contribution is -0.132. The SMILES string of the molecule is COc1cc(/C=C2\SC(=Nc3ccc(C)cc3C)NC2=O)ccc1OC(C)=O. The number of benzene rings is 2. The molecule has 0 bridgehead atoms. The maximum absolute atomic E-state index is 12.3. The zero-order valence-corrected chi connectivity index (χ0v) is 16.8. The molecule has 3 rings (SSSR count). The van der Waals surface area contributed by atoms with Crippen LogP contribution in [0.3, 0.4) is 0 Å². The number of amidine groups is 1. The molecule has 144 valence electrons. The van der Waals surface area contributed by atoms with E-state index in [1.807, 2.05) is 26.0 Å². The molecule has 1 heterocycles. The number of aryl methyl sites for hydroxylation is 2. The smallest absolute Gasteiger partial charge is 0.308 e. The van der Waals surface area contributed by atoms with Crippen LogP contribution in [-0.4, -0.2) is 24.2 Å². The van der Waals surface area contributed by atoms with Crippen molar-refractivity contribution in [1.82, 2.24) is 5.32 Å². The van der Waals surface area contributed by atoms with Crippen molar-refractivity contribution >= 4 is 40.6 Å². The van der Waals surface area contributed by atoms with Gasteiger partial charge in [0, 0.05) is 6.92 Å². The van der Waals surface area contributed by atoms with Gasteiger partial charge >= 0.3 is 5.97 Å². The molecule has 0 saturated carbocycles. The van der Waals surface area contributed by atoms with Gasteiger partial charge in [0.25, 0.3) is 5.91 Å². The van der Waals surface area contributed by atoms with Gasteiger partial charge in [-0.3, -0.25) is 9.59 Å². The first-order chi connectivity index (χ1) is 13.4. The Morgan fingerprint density at radius 2 is 1.93 bits per heavy atom. The van der Waals surface area contributed by atoms with Crippen LogP contribution in [0.5, 0.6) is 11.5 Å². The third kappa shape index (κ3) is 4.61. The van der Waals surface area contributed by atoms with Crippen LogP contribution < -0.4 is 14.8 Å². The van der Waals surface area contributed by atoms with E-state index in [4.69, 9.17) is 9.47 Å². The molecule has 2 aromatic carbocycles. The average molecular weight is 396 g/mol. The molecule has 1 amide bonds. The number of aliphatic imine (C=N–C) groups is 1. The number of ether oxygens (including phenoxy) is 2. The second-order valence-electron chi connectivity index (χ2n) is 6.28. The van der Waals surface area contributed by atoms with Crippen molar-refractivity contribution < 1.29 is 19.1 Å². The van der Waals surface area contributed by atoms with Gasteiger partial charge < -0.3 is 14.8 Å². The summed E-state index contributed by atoms with van der Waals surface area (Å²) in [6, 6.07) is 11.1. The number of amides is 1. The van der Waals surface area contributed by atoms with Gasteiger partial charge in [-0.05, 0) is 61.0 Å². The lowest BCUT2D eigenvalue weighted by atomic mass is 10.1. The van der Waals surface area contributed by atoms with E-state index in [-0.39, 0.29) is 5.91 Å². The van der Waals surface area contributed by atoms with E-state index in [2.05, 4.69) is 16.4 Å². The second kappa shape index (κ2) is 8.31. The fourth-order valence-electron chi connectivity index (χ4n) is 2.69. The highest BCUT2D eigenvalue weighted by molar-refractivity contribution is 8.18. The highest BCUT2D eigenvalue weighted by atomic mass is 32.2. The summed E-state index contributed by atoms with van der Waals surface area (Å²) in [7, 11) is 1.49. The first kappa shape index (κ1) is 19.7. The Balaban J connectivity index is 1.84. The average Bonchev–Trinajstić information content (AvgIpc) is 2.97. The molecule has 1 N–H and O–H groups in total. The molecular formula is C21H20N2O4S. The van der Waals surface area contributed by atoms with Gasteiger partial charge in [-0.1, -0.05) is 23.8 Å². The van der Waals surface area contributed by atoms with Gasteiger partial charge in [0.05, 0.1) is 17.7 Å². The van der Waals surface area contributed by atoms with Gasteiger partial charge in [-0.2, -0.15) is 0 Å². The number of hydrogen-bond acceptors (Lipinski definition) is 6. The summed E-state index contributed by atoms with van der Waals surface area (Å²) in [5.41, 5.74) is 3.78. The first-order valence-electron chi connectivity index (χ1n) is 8.59. The fraction of sp³-hybridized carbons (Fsp3) is 0.190. The van der Waals surface area contributed by atoms with E-state index in [0.717, 1.165) is 22.4 Å². The minimum atomic E-state index is -0.428. The molecule has 0 aromatic heterocycles. The molecule has 1 fully saturated rings. The van der Waals surface area contributed by atoms with Crippen molar-refractivity contribution in [1.29, 1.82) is 0 Å². The van der Waals surface area contributed by atoms with E-state index in [9.17, 15) is 9.59 Å². The van der Waals surface area contributed by atoms with Crippen molar-refractivity contribution in [2.75, 3.05) is 7.11 Å². The monoisotopic (exact) mass is 396 g/mol. The Morgan fingerprint density at radius 1 is 1.14 bits per heavy atom. The van der Waals surface area contributed by atoms with Crippen LogP contribution in [-0.2, 0) is 9.59 Å². The van der Waals surface area contributed by atoms with Crippen LogP contribution in [0.2, 0.25) is 0 Å². The predicted octanol–water partition coefficient (Wildman–Crippen LogP) is 4.13. The number of rotatable bonds is 4. The highest BCUT2D eigenvalue weighted by Crippen LogP contribution is 2.32. The lowest BCUT2D eigenvalue weighted by Gasteiger charge is -2.08. The van der Waals surface area contributed by atoms with Crippen molar-refractivity contribution in [3.8, 4) is 11.5 Å². The zero-order chi connectivity index (χ0) is 20.3. The second-order valence-corrected chi connectivity index (χ2v) is 7.31. The molecule has 0 atom stereocenters. The number of carbonyl (C=O) groups excluding carboxylic acids is 2.